The normalized spacial score (nSPS) is 19.6. The van der Waals surface area contributed by atoms with Crippen LogP contribution >= 0.6 is 0 Å². The molecule has 0 N–H and O–H groups in total. The number of carbonyl (C=O) groups is 1. The van der Waals surface area contributed by atoms with Gasteiger partial charge in [-0.15, -0.1) is 0 Å². The van der Waals surface area contributed by atoms with Crippen molar-refractivity contribution in [1.82, 2.24) is 9.80 Å². The van der Waals surface area contributed by atoms with Crippen LogP contribution < -0.4 is 0 Å². The van der Waals surface area contributed by atoms with Crippen LogP contribution in [0.25, 0.3) is 0 Å². The van der Waals surface area contributed by atoms with Crippen LogP contribution in [0.3, 0.4) is 0 Å². The minimum Gasteiger partial charge on any atom is -0.469 e. The first-order valence-electron chi connectivity index (χ1n) is 5.35. The molecule has 1 fully saturated rings. The monoisotopic (exact) mass is 212 g/mol. The van der Waals surface area contributed by atoms with E-state index in [0.717, 1.165) is 32.7 Å². The zero-order chi connectivity index (χ0) is 11.1. The number of methoxy groups -OCH3 is 1. The molecular formula is C11H20N2O2. The molecule has 86 valence electrons. The van der Waals surface area contributed by atoms with E-state index < -0.39 is 0 Å². The highest BCUT2D eigenvalue weighted by Crippen LogP contribution is 1.99. The number of carbonyl (C=O) groups excluding carboxylic acids is 1. The van der Waals surface area contributed by atoms with Gasteiger partial charge in [-0.2, -0.15) is 0 Å². The molecule has 0 unspecified atom stereocenters. The highest BCUT2D eigenvalue weighted by atomic mass is 16.5. The van der Waals surface area contributed by atoms with Crippen molar-refractivity contribution < 1.29 is 9.53 Å². The summed E-state index contributed by atoms with van der Waals surface area (Å²) >= 11 is 0. The topological polar surface area (TPSA) is 32.8 Å². The largest absolute Gasteiger partial charge is 0.469 e. The van der Waals surface area contributed by atoms with E-state index in [1.54, 1.807) is 0 Å². The van der Waals surface area contributed by atoms with Crippen molar-refractivity contribution in [3.8, 4) is 0 Å². The molecule has 0 amide bonds. The third kappa shape index (κ3) is 4.95. The van der Waals surface area contributed by atoms with E-state index in [1.807, 2.05) is 12.2 Å². The van der Waals surface area contributed by atoms with Crippen LogP contribution in [0.5, 0.6) is 0 Å². The first-order valence-corrected chi connectivity index (χ1v) is 5.35. The lowest BCUT2D eigenvalue weighted by atomic mass is 10.3. The number of piperazine rings is 1. The Morgan fingerprint density at radius 1 is 1.27 bits per heavy atom. The van der Waals surface area contributed by atoms with Gasteiger partial charge in [-0.25, -0.2) is 0 Å². The van der Waals surface area contributed by atoms with Gasteiger partial charge in [0.05, 0.1) is 13.5 Å². The van der Waals surface area contributed by atoms with Crippen molar-refractivity contribution in [3.63, 3.8) is 0 Å². The van der Waals surface area contributed by atoms with Crippen molar-refractivity contribution in [2.75, 3.05) is 46.9 Å². The number of rotatable bonds is 4. The fraction of sp³-hybridized carbons (Fsp3) is 0.727. The van der Waals surface area contributed by atoms with Crippen molar-refractivity contribution in [2.24, 2.45) is 0 Å². The van der Waals surface area contributed by atoms with Crippen LogP contribution in [0.1, 0.15) is 6.42 Å². The predicted molar refractivity (Wildman–Crippen MR) is 59.7 cm³/mol. The molecule has 0 aromatic carbocycles. The number of likely N-dealkylation sites (N-methyl/N-ethyl adjacent to an activating group) is 1. The number of hydrogen-bond donors (Lipinski definition) is 0. The Balaban J connectivity index is 2.11. The van der Waals surface area contributed by atoms with Crippen molar-refractivity contribution in [2.45, 2.75) is 6.42 Å². The maximum absolute atomic E-state index is 10.8. The van der Waals surface area contributed by atoms with Gasteiger partial charge in [0, 0.05) is 32.7 Å². The molecule has 1 saturated heterocycles. The van der Waals surface area contributed by atoms with E-state index in [0.29, 0.717) is 6.42 Å². The van der Waals surface area contributed by atoms with Gasteiger partial charge in [0.15, 0.2) is 0 Å². The quantitative estimate of drug-likeness (QED) is 0.497. The van der Waals surface area contributed by atoms with E-state index in [-0.39, 0.29) is 5.97 Å². The zero-order valence-electron chi connectivity index (χ0n) is 9.61. The fourth-order valence-corrected chi connectivity index (χ4v) is 1.52. The second kappa shape index (κ2) is 6.58. The number of nitrogens with zero attached hydrogens (tertiary/aromatic N) is 2. The predicted octanol–water partition coefficient (Wildman–Crippen LogP) is 0.353. The Bertz CT molecular complexity index is 221. The second-order valence-corrected chi connectivity index (χ2v) is 3.86. The standard InChI is InChI=1S/C11H20N2O2/c1-12-7-9-13(10-8-12)6-4-3-5-11(14)15-2/h3-4H,5-10H2,1-2H3/b4-3-. The lowest BCUT2D eigenvalue weighted by Crippen LogP contribution is -2.44. The summed E-state index contributed by atoms with van der Waals surface area (Å²) in [5.41, 5.74) is 0. The van der Waals surface area contributed by atoms with E-state index in [4.69, 9.17) is 0 Å². The zero-order valence-corrected chi connectivity index (χ0v) is 9.61. The lowest BCUT2D eigenvalue weighted by molar-refractivity contribution is -0.139. The Morgan fingerprint density at radius 3 is 2.53 bits per heavy atom. The second-order valence-electron chi connectivity index (χ2n) is 3.86. The SMILES string of the molecule is COC(=O)C/C=C\CN1CCN(C)CC1. The third-order valence-electron chi connectivity index (χ3n) is 2.64. The van der Waals surface area contributed by atoms with Crippen LogP contribution in [0.4, 0.5) is 0 Å². The third-order valence-corrected chi connectivity index (χ3v) is 2.64. The summed E-state index contributed by atoms with van der Waals surface area (Å²) in [7, 11) is 3.56. The van der Waals surface area contributed by atoms with Crippen LogP contribution in [-0.4, -0.2) is 62.7 Å². The minimum atomic E-state index is -0.176. The number of ether oxygens (including phenoxy) is 1. The molecular weight excluding hydrogens is 192 g/mol. The first-order chi connectivity index (χ1) is 7.22. The van der Waals surface area contributed by atoms with E-state index >= 15 is 0 Å². The summed E-state index contributed by atoms with van der Waals surface area (Å²) in [6.45, 7) is 5.42. The van der Waals surface area contributed by atoms with Crippen LogP contribution in [0.2, 0.25) is 0 Å². The van der Waals surface area contributed by atoms with E-state index in [1.165, 1.54) is 7.11 Å². The molecule has 1 rings (SSSR count). The van der Waals surface area contributed by atoms with Crippen LogP contribution in [-0.2, 0) is 9.53 Å². The number of hydrogen-bond acceptors (Lipinski definition) is 4. The van der Waals surface area contributed by atoms with Gasteiger partial charge in [0.1, 0.15) is 0 Å². The molecule has 0 bridgehead atoms. The molecule has 0 radical (unpaired) electrons. The Morgan fingerprint density at radius 2 is 1.93 bits per heavy atom. The van der Waals surface area contributed by atoms with Crippen molar-refractivity contribution >= 4 is 5.97 Å². The smallest absolute Gasteiger partial charge is 0.309 e. The van der Waals surface area contributed by atoms with Crippen LogP contribution in [0.15, 0.2) is 12.2 Å². The summed E-state index contributed by atoms with van der Waals surface area (Å²) in [6, 6.07) is 0. The first kappa shape index (κ1) is 12.2. The average Bonchev–Trinajstić information content (AvgIpc) is 2.26. The summed E-state index contributed by atoms with van der Waals surface area (Å²) in [4.78, 5) is 15.5. The molecule has 0 aromatic rings. The molecule has 0 saturated carbocycles. The average molecular weight is 212 g/mol. The Labute approximate surface area is 91.5 Å². The highest BCUT2D eigenvalue weighted by Gasteiger charge is 2.11. The summed E-state index contributed by atoms with van der Waals surface area (Å²) < 4.78 is 4.55. The lowest BCUT2D eigenvalue weighted by Gasteiger charge is -2.31. The van der Waals surface area contributed by atoms with Gasteiger partial charge in [-0.3, -0.25) is 9.69 Å². The van der Waals surface area contributed by atoms with Crippen molar-refractivity contribution in [1.29, 1.82) is 0 Å². The summed E-state index contributed by atoms with van der Waals surface area (Å²) in [6.07, 6.45) is 4.30. The molecule has 4 nitrogen and oxygen atoms in total. The van der Waals surface area contributed by atoms with E-state index in [2.05, 4.69) is 21.6 Å². The maximum atomic E-state index is 10.8. The highest BCUT2D eigenvalue weighted by molar-refractivity contribution is 5.70. The summed E-state index contributed by atoms with van der Waals surface area (Å²) in [5.74, 6) is -0.176. The summed E-state index contributed by atoms with van der Waals surface area (Å²) in [5, 5.41) is 0. The van der Waals surface area contributed by atoms with E-state index in [9.17, 15) is 4.79 Å². The Kier molecular flexibility index (Phi) is 5.36. The maximum Gasteiger partial charge on any atom is 0.309 e. The molecule has 1 aliphatic heterocycles. The van der Waals surface area contributed by atoms with Gasteiger partial charge in [-0.1, -0.05) is 12.2 Å². The van der Waals surface area contributed by atoms with Gasteiger partial charge < -0.3 is 9.64 Å². The molecule has 4 heteroatoms. The van der Waals surface area contributed by atoms with Gasteiger partial charge in [0.2, 0.25) is 0 Å². The van der Waals surface area contributed by atoms with Crippen molar-refractivity contribution in [3.05, 3.63) is 12.2 Å². The molecule has 0 spiro atoms. The Hall–Kier alpha value is -0.870. The molecule has 0 aliphatic carbocycles. The fourth-order valence-electron chi connectivity index (χ4n) is 1.52. The molecule has 0 atom stereocenters. The van der Waals surface area contributed by atoms with Gasteiger partial charge in [0.25, 0.3) is 0 Å². The number of esters is 1. The van der Waals surface area contributed by atoms with Gasteiger partial charge >= 0.3 is 5.97 Å². The molecule has 15 heavy (non-hydrogen) atoms. The molecule has 0 aromatic heterocycles. The van der Waals surface area contributed by atoms with Crippen LogP contribution in [0, 0.1) is 0 Å². The van der Waals surface area contributed by atoms with Gasteiger partial charge in [-0.05, 0) is 7.05 Å². The molecule has 1 heterocycles. The molecule has 1 aliphatic rings. The minimum absolute atomic E-state index is 0.176.